The molecule has 0 heterocycles. The summed E-state index contributed by atoms with van der Waals surface area (Å²) in [5, 5.41) is 0. The number of phosphoric acid groups is 1. The highest BCUT2D eigenvalue weighted by Crippen LogP contribution is 2.43. The van der Waals surface area contributed by atoms with Crippen LogP contribution in [0, 0.1) is 0 Å². The Kier molecular flexibility index (Phi) is 29.6. The molecule has 0 aliphatic carbocycles. The van der Waals surface area contributed by atoms with E-state index in [9.17, 15) is 19.0 Å². The predicted octanol–water partition coefficient (Wildman–Crippen LogP) is 9.63. The van der Waals surface area contributed by atoms with Gasteiger partial charge in [-0.15, -0.1) is 0 Å². The molecule has 10 heteroatoms. The van der Waals surface area contributed by atoms with Gasteiger partial charge in [0.25, 0.3) is 0 Å². The molecule has 9 nitrogen and oxygen atoms in total. The summed E-state index contributed by atoms with van der Waals surface area (Å²) in [7, 11) is 1.47. The van der Waals surface area contributed by atoms with E-state index in [-0.39, 0.29) is 32.0 Å². The maximum absolute atomic E-state index is 12.5. The van der Waals surface area contributed by atoms with Crippen LogP contribution in [0.2, 0.25) is 0 Å². The fourth-order valence-corrected chi connectivity index (χ4v) is 5.48. The molecule has 0 rings (SSSR count). The van der Waals surface area contributed by atoms with Gasteiger partial charge in [-0.3, -0.25) is 18.6 Å². The molecule has 0 saturated heterocycles. The van der Waals surface area contributed by atoms with Crippen molar-refractivity contribution in [2.45, 2.75) is 155 Å². The van der Waals surface area contributed by atoms with Crippen molar-refractivity contribution >= 4 is 19.8 Å². The largest absolute Gasteiger partial charge is 0.472 e. The van der Waals surface area contributed by atoms with Gasteiger partial charge in [0.05, 0.1) is 27.7 Å². The Morgan fingerprint density at radius 2 is 1.17 bits per heavy atom. The lowest BCUT2D eigenvalue weighted by molar-refractivity contribution is -0.870. The van der Waals surface area contributed by atoms with Gasteiger partial charge in [0, 0.05) is 12.8 Å². The van der Waals surface area contributed by atoms with Gasteiger partial charge in [-0.05, 0) is 38.5 Å². The van der Waals surface area contributed by atoms with E-state index in [4.69, 9.17) is 18.5 Å². The van der Waals surface area contributed by atoms with Crippen LogP contribution in [-0.2, 0) is 32.7 Å². The molecule has 0 aliphatic heterocycles. The molecule has 2 atom stereocenters. The van der Waals surface area contributed by atoms with Gasteiger partial charge in [0.1, 0.15) is 19.8 Å². The van der Waals surface area contributed by atoms with E-state index in [1.165, 1.54) is 57.8 Å². The number of phosphoric ester groups is 1. The Labute approximate surface area is 288 Å². The minimum absolute atomic E-state index is 0.0306. The number of quaternary nitrogens is 1. The minimum Gasteiger partial charge on any atom is -0.462 e. The van der Waals surface area contributed by atoms with E-state index < -0.39 is 26.5 Å². The smallest absolute Gasteiger partial charge is 0.462 e. The molecule has 0 amide bonds. The maximum atomic E-state index is 12.5. The maximum Gasteiger partial charge on any atom is 0.472 e. The van der Waals surface area contributed by atoms with Crippen LogP contribution in [0.15, 0.2) is 24.3 Å². The van der Waals surface area contributed by atoms with Crippen molar-refractivity contribution < 1.29 is 42.1 Å². The average molecular weight is 689 g/mol. The van der Waals surface area contributed by atoms with Crippen LogP contribution in [0.4, 0.5) is 0 Å². The van der Waals surface area contributed by atoms with Crippen molar-refractivity contribution in [1.82, 2.24) is 0 Å². The molecule has 0 aromatic rings. The van der Waals surface area contributed by atoms with Gasteiger partial charge >= 0.3 is 19.8 Å². The molecule has 1 N–H and O–H groups in total. The van der Waals surface area contributed by atoms with Crippen molar-refractivity contribution in [3.05, 3.63) is 24.3 Å². The second kappa shape index (κ2) is 30.5. The highest BCUT2D eigenvalue weighted by molar-refractivity contribution is 7.47. The third kappa shape index (κ3) is 34.2. The highest BCUT2D eigenvalue weighted by Gasteiger charge is 2.27. The zero-order chi connectivity index (χ0) is 35.1. The number of carbonyl (C=O) groups is 2. The normalized spacial score (nSPS) is 14.1. The number of carbonyl (C=O) groups excluding carboxylic acids is 2. The molecule has 0 aliphatic rings. The summed E-state index contributed by atoms with van der Waals surface area (Å²) in [5.41, 5.74) is 0. The Bertz CT molecular complexity index is 871. The number of esters is 2. The van der Waals surface area contributed by atoms with Crippen LogP contribution < -0.4 is 0 Å². The third-order valence-corrected chi connectivity index (χ3v) is 8.72. The Hall–Kier alpha value is -1.51. The zero-order valence-electron chi connectivity index (χ0n) is 30.8. The molecule has 0 aromatic heterocycles. The van der Waals surface area contributed by atoms with Crippen molar-refractivity contribution in [3.63, 3.8) is 0 Å². The fourth-order valence-electron chi connectivity index (χ4n) is 4.73. The van der Waals surface area contributed by atoms with Gasteiger partial charge < -0.3 is 18.9 Å². The summed E-state index contributed by atoms with van der Waals surface area (Å²) in [5.74, 6) is -0.819. The van der Waals surface area contributed by atoms with Gasteiger partial charge in [-0.25, -0.2) is 4.57 Å². The van der Waals surface area contributed by atoms with Crippen molar-refractivity contribution in [2.75, 3.05) is 47.5 Å². The summed E-state index contributed by atoms with van der Waals surface area (Å²) in [6, 6.07) is 0. The zero-order valence-corrected chi connectivity index (χ0v) is 31.7. The lowest BCUT2D eigenvalue weighted by Crippen LogP contribution is -2.37. The molecular weight excluding hydrogens is 617 g/mol. The summed E-state index contributed by atoms with van der Waals surface area (Å²) < 4.78 is 34.0. The molecule has 0 bridgehead atoms. The lowest BCUT2D eigenvalue weighted by Gasteiger charge is -2.24. The Balaban J connectivity index is 4.45. The lowest BCUT2D eigenvalue weighted by atomic mass is 10.1. The van der Waals surface area contributed by atoms with E-state index in [0.29, 0.717) is 17.4 Å². The molecule has 47 heavy (non-hydrogen) atoms. The van der Waals surface area contributed by atoms with Crippen LogP contribution in [0.3, 0.4) is 0 Å². The van der Waals surface area contributed by atoms with Crippen LogP contribution >= 0.6 is 7.82 Å². The molecular formula is C37H71NO8P+. The number of hydrogen-bond donors (Lipinski definition) is 1. The van der Waals surface area contributed by atoms with Gasteiger partial charge in [-0.1, -0.05) is 122 Å². The SMILES string of the molecule is CCCC/C=C\C/C=C\CCCCCCCC(=O)OC[C@H](COP(=O)(O)OCC[N+](C)(C)C)OC(=O)CCCCCCCCCCC. The molecule has 0 saturated carbocycles. The Morgan fingerprint density at radius 1 is 0.660 bits per heavy atom. The molecule has 0 radical (unpaired) electrons. The van der Waals surface area contributed by atoms with Crippen LogP contribution in [0.5, 0.6) is 0 Å². The average Bonchev–Trinajstić information content (AvgIpc) is 3.01. The van der Waals surface area contributed by atoms with E-state index in [1.54, 1.807) is 0 Å². The summed E-state index contributed by atoms with van der Waals surface area (Å²) in [6.45, 7) is 4.32. The van der Waals surface area contributed by atoms with Crippen molar-refractivity contribution in [2.24, 2.45) is 0 Å². The summed E-state index contributed by atoms with van der Waals surface area (Å²) in [6.07, 6.45) is 29.4. The first-order valence-electron chi connectivity index (χ1n) is 18.6. The predicted molar refractivity (Wildman–Crippen MR) is 192 cm³/mol. The summed E-state index contributed by atoms with van der Waals surface area (Å²) >= 11 is 0. The number of allylic oxidation sites excluding steroid dienone is 4. The van der Waals surface area contributed by atoms with E-state index in [1.807, 2.05) is 21.1 Å². The minimum atomic E-state index is -4.36. The number of rotatable bonds is 33. The van der Waals surface area contributed by atoms with Crippen molar-refractivity contribution in [1.29, 1.82) is 0 Å². The number of unbranched alkanes of at least 4 members (excludes halogenated alkanes) is 15. The van der Waals surface area contributed by atoms with Crippen LogP contribution in [-0.4, -0.2) is 74.9 Å². The molecule has 0 spiro atoms. The number of ether oxygens (including phenoxy) is 2. The number of likely N-dealkylation sites (N-methyl/N-ethyl adjacent to an activating group) is 1. The van der Waals surface area contributed by atoms with Gasteiger partial charge in [0.2, 0.25) is 0 Å². The highest BCUT2D eigenvalue weighted by atomic mass is 31.2. The molecule has 1 unspecified atom stereocenters. The number of nitrogens with zero attached hydrogens (tertiary/aromatic N) is 1. The first-order valence-corrected chi connectivity index (χ1v) is 20.1. The van der Waals surface area contributed by atoms with Gasteiger partial charge in [0.15, 0.2) is 6.10 Å². The third-order valence-electron chi connectivity index (χ3n) is 7.73. The quantitative estimate of drug-likeness (QED) is 0.0239. The van der Waals surface area contributed by atoms with E-state index in [0.717, 1.165) is 57.8 Å². The monoisotopic (exact) mass is 688 g/mol. The second-order valence-electron chi connectivity index (χ2n) is 13.6. The fraction of sp³-hybridized carbons (Fsp3) is 0.838. The van der Waals surface area contributed by atoms with E-state index >= 15 is 0 Å². The number of hydrogen-bond acceptors (Lipinski definition) is 7. The first kappa shape index (κ1) is 45.5. The van der Waals surface area contributed by atoms with Crippen LogP contribution in [0.25, 0.3) is 0 Å². The first-order chi connectivity index (χ1) is 22.5. The summed E-state index contributed by atoms with van der Waals surface area (Å²) in [4.78, 5) is 35.0. The standard InChI is InChI=1S/C37H70NO8P/c1-6-8-10-12-14-16-17-18-19-20-22-23-25-27-29-36(39)43-33-35(34-45-47(41,42)44-32-31-38(3,4)5)46-37(40)30-28-26-24-21-15-13-11-9-7-2/h12,14,17-18,35H,6-11,13,15-16,19-34H2,1-5H3/p+1/b14-12-,18-17-/t35-/m1/s1. The van der Waals surface area contributed by atoms with Crippen molar-refractivity contribution in [3.8, 4) is 0 Å². The molecule has 0 fully saturated rings. The molecule has 0 aromatic carbocycles. The van der Waals surface area contributed by atoms with E-state index in [2.05, 4.69) is 38.2 Å². The topological polar surface area (TPSA) is 108 Å². The molecule has 276 valence electrons. The second-order valence-corrected chi connectivity index (χ2v) is 15.1. The van der Waals surface area contributed by atoms with Crippen LogP contribution in [0.1, 0.15) is 149 Å². The van der Waals surface area contributed by atoms with Gasteiger partial charge in [-0.2, -0.15) is 0 Å². The Morgan fingerprint density at radius 3 is 1.74 bits per heavy atom.